The van der Waals surface area contributed by atoms with Gasteiger partial charge >= 0.3 is 0 Å². The smallest absolute Gasteiger partial charge is 0.123 e. The highest BCUT2D eigenvalue weighted by atomic mass is 19.1. The molecule has 1 aromatic rings. The minimum Gasteiger partial charge on any atom is -0.310 e. The van der Waals surface area contributed by atoms with Gasteiger partial charge in [-0.25, -0.2) is 4.39 Å². The van der Waals surface area contributed by atoms with E-state index in [1.807, 2.05) is 6.07 Å². The van der Waals surface area contributed by atoms with Crippen LogP contribution < -0.4 is 5.32 Å². The molecule has 0 spiro atoms. The standard InChI is InChI=1S/C18H28FN/c1-4-12-20-17(15-6-5-7-16(19)13-15)14-8-10-18(2,3)11-9-14/h5-7,13-14,17,20H,4,8-12H2,1-3H3. The molecule has 0 bridgehead atoms. The third-order valence-corrected chi connectivity index (χ3v) is 4.68. The Balaban J connectivity index is 2.11. The molecule has 1 saturated carbocycles. The lowest BCUT2D eigenvalue weighted by molar-refractivity contribution is 0.161. The summed E-state index contributed by atoms with van der Waals surface area (Å²) in [5.74, 6) is 0.512. The average Bonchev–Trinajstić information content (AvgIpc) is 2.41. The number of rotatable bonds is 5. The molecule has 2 rings (SSSR count). The second-order valence-electron chi connectivity index (χ2n) is 6.99. The van der Waals surface area contributed by atoms with Crippen molar-refractivity contribution in [1.82, 2.24) is 5.32 Å². The zero-order chi connectivity index (χ0) is 14.6. The summed E-state index contributed by atoms with van der Waals surface area (Å²) in [4.78, 5) is 0. The van der Waals surface area contributed by atoms with Crippen molar-refractivity contribution in [2.45, 2.75) is 58.9 Å². The van der Waals surface area contributed by atoms with E-state index in [0.29, 0.717) is 17.4 Å². The molecule has 1 aromatic carbocycles. The molecule has 1 nitrogen and oxygen atoms in total. The summed E-state index contributed by atoms with van der Waals surface area (Å²) in [6.45, 7) is 7.90. The number of hydrogen-bond donors (Lipinski definition) is 1. The molecule has 0 aromatic heterocycles. The van der Waals surface area contributed by atoms with Crippen molar-refractivity contribution in [2.75, 3.05) is 6.54 Å². The van der Waals surface area contributed by atoms with Crippen LogP contribution in [0.4, 0.5) is 4.39 Å². The van der Waals surface area contributed by atoms with Gasteiger partial charge in [0.15, 0.2) is 0 Å². The minimum absolute atomic E-state index is 0.123. The maximum Gasteiger partial charge on any atom is 0.123 e. The molecule has 0 amide bonds. The van der Waals surface area contributed by atoms with Crippen LogP contribution in [0, 0.1) is 17.2 Å². The summed E-state index contributed by atoms with van der Waals surface area (Å²) in [6, 6.07) is 7.44. The number of halogens is 1. The van der Waals surface area contributed by atoms with Gasteiger partial charge in [0.25, 0.3) is 0 Å². The normalized spacial score (nSPS) is 20.8. The van der Waals surface area contributed by atoms with Crippen molar-refractivity contribution in [2.24, 2.45) is 11.3 Å². The Morgan fingerprint density at radius 2 is 2.00 bits per heavy atom. The summed E-state index contributed by atoms with van der Waals surface area (Å²) >= 11 is 0. The highest BCUT2D eigenvalue weighted by molar-refractivity contribution is 5.21. The van der Waals surface area contributed by atoms with Gasteiger partial charge in [-0.05, 0) is 67.7 Å². The quantitative estimate of drug-likeness (QED) is 0.791. The summed E-state index contributed by atoms with van der Waals surface area (Å²) < 4.78 is 13.5. The second-order valence-corrected chi connectivity index (χ2v) is 6.99. The zero-order valence-corrected chi connectivity index (χ0v) is 13.1. The highest BCUT2D eigenvalue weighted by Gasteiger charge is 2.31. The second kappa shape index (κ2) is 6.71. The third kappa shape index (κ3) is 4.05. The van der Waals surface area contributed by atoms with E-state index in [1.54, 1.807) is 6.07 Å². The molecule has 0 saturated heterocycles. The molecule has 2 heteroatoms. The highest BCUT2D eigenvalue weighted by Crippen LogP contribution is 2.42. The molecule has 1 fully saturated rings. The van der Waals surface area contributed by atoms with E-state index in [-0.39, 0.29) is 5.82 Å². The van der Waals surface area contributed by atoms with Crippen molar-refractivity contribution in [3.63, 3.8) is 0 Å². The van der Waals surface area contributed by atoms with Gasteiger partial charge in [0.1, 0.15) is 5.82 Å². The number of hydrogen-bond acceptors (Lipinski definition) is 1. The molecule has 1 aliphatic carbocycles. The van der Waals surface area contributed by atoms with Crippen molar-refractivity contribution < 1.29 is 4.39 Å². The van der Waals surface area contributed by atoms with Crippen LogP contribution in [-0.2, 0) is 0 Å². The van der Waals surface area contributed by atoms with Crippen LogP contribution in [0.15, 0.2) is 24.3 Å². The van der Waals surface area contributed by atoms with E-state index in [2.05, 4.69) is 32.2 Å². The van der Waals surface area contributed by atoms with Crippen LogP contribution in [0.2, 0.25) is 0 Å². The van der Waals surface area contributed by atoms with Crippen LogP contribution >= 0.6 is 0 Å². The molecule has 1 unspecified atom stereocenters. The Hall–Kier alpha value is -0.890. The maximum absolute atomic E-state index is 13.5. The maximum atomic E-state index is 13.5. The van der Waals surface area contributed by atoms with Crippen LogP contribution in [-0.4, -0.2) is 6.54 Å². The fraction of sp³-hybridized carbons (Fsp3) is 0.667. The molecule has 1 aliphatic rings. The van der Waals surface area contributed by atoms with Gasteiger partial charge in [-0.2, -0.15) is 0 Å². The minimum atomic E-state index is -0.123. The van der Waals surface area contributed by atoms with Gasteiger partial charge < -0.3 is 5.32 Å². The number of benzene rings is 1. The van der Waals surface area contributed by atoms with Gasteiger partial charge in [-0.3, -0.25) is 0 Å². The van der Waals surface area contributed by atoms with Gasteiger partial charge in [0, 0.05) is 6.04 Å². The molecule has 1 atom stereocenters. The largest absolute Gasteiger partial charge is 0.310 e. The van der Waals surface area contributed by atoms with Crippen LogP contribution in [0.25, 0.3) is 0 Å². The van der Waals surface area contributed by atoms with Crippen molar-refractivity contribution in [1.29, 1.82) is 0 Å². The fourth-order valence-corrected chi connectivity index (χ4v) is 3.31. The molecule has 20 heavy (non-hydrogen) atoms. The van der Waals surface area contributed by atoms with E-state index in [9.17, 15) is 4.39 Å². The Kier molecular flexibility index (Phi) is 5.20. The van der Waals surface area contributed by atoms with E-state index < -0.39 is 0 Å². The fourth-order valence-electron chi connectivity index (χ4n) is 3.31. The zero-order valence-electron chi connectivity index (χ0n) is 13.1. The monoisotopic (exact) mass is 277 g/mol. The first-order valence-electron chi connectivity index (χ1n) is 8.01. The Labute approximate surface area is 123 Å². The lowest BCUT2D eigenvalue weighted by atomic mass is 9.70. The molecule has 0 heterocycles. The Morgan fingerprint density at radius 1 is 1.30 bits per heavy atom. The predicted octanol–water partition coefficient (Wildman–Crippen LogP) is 5.08. The van der Waals surface area contributed by atoms with Gasteiger partial charge in [-0.15, -0.1) is 0 Å². The Bertz CT molecular complexity index is 417. The molecule has 1 N–H and O–H groups in total. The summed E-state index contributed by atoms with van der Waals surface area (Å²) in [5, 5.41) is 3.64. The lowest BCUT2D eigenvalue weighted by Crippen LogP contribution is -2.33. The average molecular weight is 277 g/mol. The predicted molar refractivity (Wildman–Crippen MR) is 83.2 cm³/mol. The van der Waals surface area contributed by atoms with Crippen LogP contribution in [0.3, 0.4) is 0 Å². The first-order valence-corrected chi connectivity index (χ1v) is 8.01. The van der Waals surface area contributed by atoms with Crippen LogP contribution in [0.1, 0.15) is 64.5 Å². The van der Waals surface area contributed by atoms with E-state index in [0.717, 1.165) is 18.5 Å². The first kappa shape index (κ1) is 15.5. The Morgan fingerprint density at radius 3 is 2.60 bits per heavy atom. The molecular formula is C18H28FN. The molecule has 0 radical (unpaired) electrons. The third-order valence-electron chi connectivity index (χ3n) is 4.68. The molecule has 0 aliphatic heterocycles. The summed E-state index contributed by atoms with van der Waals surface area (Å²) in [6.07, 6.45) is 6.15. The summed E-state index contributed by atoms with van der Waals surface area (Å²) in [7, 11) is 0. The van der Waals surface area contributed by atoms with Crippen molar-refractivity contribution >= 4 is 0 Å². The first-order chi connectivity index (χ1) is 9.52. The molecule has 112 valence electrons. The van der Waals surface area contributed by atoms with E-state index >= 15 is 0 Å². The van der Waals surface area contributed by atoms with Crippen molar-refractivity contribution in [3.05, 3.63) is 35.6 Å². The summed E-state index contributed by atoms with van der Waals surface area (Å²) in [5.41, 5.74) is 1.59. The lowest BCUT2D eigenvalue weighted by Gasteiger charge is -2.38. The number of nitrogens with one attached hydrogen (secondary N) is 1. The van der Waals surface area contributed by atoms with Gasteiger partial charge in [0.2, 0.25) is 0 Å². The van der Waals surface area contributed by atoms with E-state index in [1.165, 1.54) is 31.7 Å². The topological polar surface area (TPSA) is 12.0 Å². The van der Waals surface area contributed by atoms with E-state index in [4.69, 9.17) is 0 Å². The van der Waals surface area contributed by atoms with Gasteiger partial charge in [0.05, 0.1) is 0 Å². The SMILES string of the molecule is CCCNC(c1cccc(F)c1)C1CCC(C)(C)CC1. The van der Waals surface area contributed by atoms with Gasteiger partial charge in [-0.1, -0.05) is 32.9 Å². The van der Waals surface area contributed by atoms with Crippen LogP contribution in [0.5, 0.6) is 0 Å². The van der Waals surface area contributed by atoms with Crippen molar-refractivity contribution in [3.8, 4) is 0 Å². The molecular weight excluding hydrogens is 249 g/mol.